The van der Waals surface area contributed by atoms with Gasteiger partial charge in [-0.15, -0.1) is 11.3 Å². The molecular weight excluding hydrogens is 396 g/mol. The molecule has 1 atom stereocenters. The van der Waals surface area contributed by atoms with Crippen LogP contribution >= 0.6 is 11.3 Å². The van der Waals surface area contributed by atoms with Crippen LogP contribution in [0, 0.1) is 0 Å². The number of amides is 1. The van der Waals surface area contributed by atoms with Crippen molar-refractivity contribution in [3.05, 3.63) is 77.2 Å². The molecule has 1 unspecified atom stereocenters. The standard InChI is InChI=1S/C20H18N2O4S2/c23-17-8-3-7-16(12-17)21-20(24)18-11-14-5-1-2-6-15(14)13-22(18)28(25,26)19-9-4-10-27-19/h1-10,12,18,23H,11,13H2,(H,21,24). The zero-order valence-corrected chi connectivity index (χ0v) is 16.4. The van der Waals surface area contributed by atoms with Crippen LogP contribution in [0.1, 0.15) is 11.1 Å². The molecule has 2 heterocycles. The summed E-state index contributed by atoms with van der Waals surface area (Å²) in [5, 5.41) is 14.0. The Morgan fingerprint density at radius 2 is 1.86 bits per heavy atom. The summed E-state index contributed by atoms with van der Waals surface area (Å²) in [5.74, 6) is -0.407. The number of fused-ring (bicyclic) bond motifs is 1. The lowest BCUT2D eigenvalue weighted by Crippen LogP contribution is -2.50. The van der Waals surface area contributed by atoms with Crippen LogP contribution in [0.5, 0.6) is 5.75 Å². The molecule has 0 fully saturated rings. The maximum absolute atomic E-state index is 13.2. The number of nitrogens with zero attached hydrogens (tertiary/aromatic N) is 1. The first-order chi connectivity index (χ1) is 13.4. The molecular formula is C20H18N2O4S2. The van der Waals surface area contributed by atoms with E-state index in [0.29, 0.717) is 5.69 Å². The minimum Gasteiger partial charge on any atom is -0.508 e. The molecule has 144 valence electrons. The summed E-state index contributed by atoms with van der Waals surface area (Å²) in [6.45, 7) is 0.133. The zero-order chi connectivity index (χ0) is 19.7. The largest absolute Gasteiger partial charge is 0.508 e. The number of carbonyl (C=O) groups excluding carboxylic acids is 1. The van der Waals surface area contributed by atoms with Gasteiger partial charge >= 0.3 is 0 Å². The summed E-state index contributed by atoms with van der Waals surface area (Å²) in [5.41, 5.74) is 2.26. The molecule has 6 nitrogen and oxygen atoms in total. The van der Waals surface area contributed by atoms with Gasteiger partial charge in [0, 0.05) is 18.3 Å². The summed E-state index contributed by atoms with van der Waals surface area (Å²) in [4.78, 5) is 13.0. The summed E-state index contributed by atoms with van der Waals surface area (Å²) in [6, 6.07) is 16.1. The maximum atomic E-state index is 13.2. The molecule has 2 N–H and O–H groups in total. The van der Waals surface area contributed by atoms with Crippen LogP contribution in [0.15, 0.2) is 70.3 Å². The van der Waals surface area contributed by atoms with Gasteiger partial charge in [0.1, 0.15) is 16.0 Å². The molecule has 28 heavy (non-hydrogen) atoms. The van der Waals surface area contributed by atoms with Crippen LogP contribution in [-0.4, -0.2) is 29.8 Å². The Morgan fingerprint density at radius 1 is 1.07 bits per heavy atom. The Balaban J connectivity index is 1.70. The van der Waals surface area contributed by atoms with E-state index in [0.717, 1.165) is 22.5 Å². The number of anilines is 1. The van der Waals surface area contributed by atoms with Crippen molar-refractivity contribution in [3.63, 3.8) is 0 Å². The summed E-state index contributed by atoms with van der Waals surface area (Å²) in [7, 11) is -3.81. The number of sulfonamides is 1. The van der Waals surface area contributed by atoms with Gasteiger partial charge in [0.2, 0.25) is 5.91 Å². The second-order valence-electron chi connectivity index (χ2n) is 6.51. The van der Waals surface area contributed by atoms with Crippen molar-refractivity contribution in [3.8, 4) is 5.75 Å². The molecule has 8 heteroatoms. The first-order valence-corrected chi connectivity index (χ1v) is 11.0. The maximum Gasteiger partial charge on any atom is 0.253 e. The molecule has 1 aliphatic heterocycles. The molecule has 1 aromatic heterocycles. The highest BCUT2D eigenvalue weighted by molar-refractivity contribution is 7.91. The van der Waals surface area contributed by atoms with Gasteiger partial charge in [0.15, 0.2) is 0 Å². The number of thiophene rings is 1. The van der Waals surface area contributed by atoms with Gasteiger partial charge < -0.3 is 10.4 Å². The van der Waals surface area contributed by atoms with E-state index < -0.39 is 22.0 Å². The number of phenols is 1. The van der Waals surface area contributed by atoms with E-state index in [1.807, 2.05) is 24.3 Å². The molecule has 3 aromatic rings. The van der Waals surface area contributed by atoms with Gasteiger partial charge in [0.05, 0.1) is 0 Å². The predicted molar refractivity (Wildman–Crippen MR) is 108 cm³/mol. The SMILES string of the molecule is O=C(Nc1cccc(O)c1)C1Cc2ccccc2CN1S(=O)(=O)c1cccs1. The average Bonchev–Trinajstić information content (AvgIpc) is 3.22. The minimum absolute atomic E-state index is 0.0230. The van der Waals surface area contributed by atoms with Crippen molar-refractivity contribution in [2.24, 2.45) is 0 Å². The molecule has 0 aliphatic carbocycles. The van der Waals surface area contributed by atoms with Crippen LogP contribution in [0.25, 0.3) is 0 Å². The first kappa shape index (κ1) is 18.7. The number of hydrogen-bond acceptors (Lipinski definition) is 5. The first-order valence-electron chi connectivity index (χ1n) is 8.67. The number of nitrogens with one attached hydrogen (secondary N) is 1. The third-order valence-electron chi connectivity index (χ3n) is 4.68. The van der Waals surface area contributed by atoms with E-state index in [1.165, 1.54) is 16.4 Å². The normalized spacial score (nSPS) is 17.1. The molecule has 2 aromatic carbocycles. The van der Waals surface area contributed by atoms with Crippen molar-refractivity contribution in [1.82, 2.24) is 4.31 Å². The number of aromatic hydroxyl groups is 1. The van der Waals surface area contributed by atoms with E-state index >= 15 is 0 Å². The summed E-state index contributed by atoms with van der Waals surface area (Å²) >= 11 is 1.13. The Morgan fingerprint density at radius 3 is 2.57 bits per heavy atom. The van der Waals surface area contributed by atoms with E-state index in [4.69, 9.17) is 0 Å². The lowest BCUT2D eigenvalue weighted by atomic mass is 9.95. The number of carbonyl (C=O) groups is 1. The second kappa shape index (κ2) is 7.38. The molecule has 0 spiro atoms. The highest BCUT2D eigenvalue weighted by Crippen LogP contribution is 2.31. The van der Waals surface area contributed by atoms with Crippen LogP contribution in [0.4, 0.5) is 5.69 Å². The zero-order valence-electron chi connectivity index (χ0n) is 14.8. The van der Waals surface area contributed by atoms with Gasteiger partial charge in [-0.3, -0.25) is 4.79 Å². The van der Waals surface area contributed by atoms with E-state index in [9.17, 15) is 18.3 Å². The molecule has 4 rings (SSSR count). The predicted octanol–water partition coefficient (Wildman–Crippen LogP) is 3.21. The molecule has 1 aliphatic rings. The van der Waals surface area contributed by atoms with Crippen LogP contribution in [0.2, 0.25) is 0 Å². The number of phenolic OH excluding ortho intramolecular Hbond substituents is 1. The van der Waals surface area contributed by atoms with Gasteiger partial charge in [-0.2, -0.15) is 4.31 Å². The van der Waals surface area contributed by atoms with E-state index in [2.05, 4.69) is 5.32 Å². The Kier molecular flexibility index (Phi) is 4.92. The van der Waals surface area contributed by atoms with Gasteiger partial charge in [-0.05, 0) is 41.1 Å². The number of rotatable bonds is 4. The van der Waals surface area contributed by atoms with Crippen molar-refractivity contribution < 1.29 is 18.3 Å². The monoisotopic (exact) mass is 414 g/mol. The van der Waals surface area contributed by atoms with Gasteiger partial charge in [-0.1, -0.05) is 36.4 Å². The summed E-state index contributed by atoms with van der Waals surface area (Å²) < 4.78 is 27.9. The molecule has 0 bridgehead atoms. The van der Waals surface area contributed by atoms with Crippen LogP contribution in [-0.2, 0) is 27.8 Å². The Bertz CT molecular complexity index is 1110. The van der Waals surface area contributed by atoms with Crippen molar-refractivity contribution >= 4 is 33.0 Å². The minimum atomic E-state index is -3.81. The van der Waals surface area contributed by atoms with E-state index in [1.54, 1.807) is 29.6 Å². The fraction of sp³-hybridized carbons (Fsp3) is 0.150. The third-order valence-corrected chi connectivity index (χ3v) is 7.91. The Hall–Kier alpha value is -2.68. The molecule has 0 saturated heterocycles. The highest BCUT2D eigenvalue weighted by atomic mass is 32.2. The fourth-order valence-electron chi connectivity index (χ4n) is 3.31. The topological polar surface area (TPSA) is 86.7 Å². The van der Waals surface area contributed by atoms with Crippen molar-refractivity contribution in [1.29, 1.82) is 0 Å². The molecule has 0 radical (unpaired) electrons. The van der Waals surface area contributed by atoms with E-state index in [-0.39, 0.29) is 22.9 Å². The highest BCUT2D eigenvalue weighted by Gasteiger charge is 2.40. The molecule has 1 amide bonds. The van der Waals surface area contributed by atoms with Gasteiger partial charge in [0.25, 0.3) is 10.0 Å². The smallest absolute Gasteiger partial charge is 0.253 e. The lowest BCUT2D eigenvalue weighted by molar-refractivity contribution is -0.120. The fourth-order valence-corrected chi connectivity index (χ4v) is 5.99. The lowest BCUT2D eigenvalue weighted by Gasteiger charge is -2.34. The number of benzene rings is 2. The average molecular weight is 415 g/mol. The second-order valence-corrected chi connectivity index (χ2v) is 9.58. The molecule has 0 saturated carbocycles. The van der Waals surface area contributed by atoms with Gasteiger partial charge in [-0.25, -0.2) is 8.42 Å². The quantitative estimate of drug-likeness (QED) is 0.686. The van der Waals surface area contributed by atoms with Crippen LogP contribution < -0.4 is 5.32 Å². The van der Waals surface area contributed by atoms with Crippen LogP contribution in [0.3, 0.4) is 0 Å². The third kappa shape index (κ3) is 3.54. The van der Waals surface area contributed by atoms with Crippen molar-refractivity contribution in [2.45, 2.75) is 23.2 Å². The van der Waals surface area contributed by atoms with Crippen molar-refractivity contribution in [2.75, 3.05) is 5.32 Å². The number of hydrogen-bond donors (Lipinski definition) is 2. The summed E-state index contributed by atoms with van der Waals surface area (Å²) in [6.07, 6.45) is 0.283. The Labute approximate surface area is 167 Å².